The van der Waals surface area contributed by atoms with E-state index < -0.39 is 0 Å². The maximum Gasteiger partial charge on any atom is 0.270 e. The van der Waals surface area contributed by atoms with Crippen molar-refractivity contribution >= 4 is 17.2 Å². The number of nitrogens with two attached hydrogens (primary N) is 1. The minimum Gasteiger partial charge on any atom is -0.350 e. The second-order valence-corrected chi connectivity index (χ2v) is 5.53. The molecule has 2 heterocycles. The van der Waals surface area contributed by atoms with Crippen molar-refractivity contribution in [3.8, 4) is 0 Å². The first kappa shape index (κ1) is 13.5. The van der Waals surface area contributed by atoms with Crippen LogP contribution < -0.4 is 11.1 Å². The van der Waals surface area contributed by atoms with Crippen LogP contribution in [0.1, 0.15) is 28.8 Å². The first-order chi connectivity index (χ1) is 8.72. The predicted octanol–water partition coefficient (Wildman–Crippen LogP) is 0.673. The molecule has 5 nitrogen and oxygen atoms in total. The molecular weight excluding hydrogens is 248 g/mol. The zero-order valence-corrected chi connectivity index (χ0v) is 11.5. The number of aromatic nitrogens is 1. The number of likely N-dealkylation sites (tertiary alicyclic amines) is 1. The van der Waals surface area contributed by atoms with E-state index in [1.54, 1.807) is 5.38 Å². The van der Waals surface area contributed by atoms with E-state index in [4.69, 9.17) is 5.73 Å². The van der Waals surface area contributed by atoms with Crippen LogP contribution >= 0.6 is 11.3 Å². The van der Waals surface area contributed by atoms with Crippen LogP contribution in [-0.2, 0) is 6.54 Å². The molecule has 1 aliphatic rings. The fraction of sp³-hybridized carbons (Fsp3) is 0.667. The molecule has 0 bridgehead atoms. The van der Waals surface area contributed by atoms with Crippen LogP contribution in [0.15, 0.2) is 5.38 Å². The van der Waals surface area contributed by atoms with Gasteiger partial charge >= 0.3 is 0 Å². The molecular formula is C12H20N4OS. The van der Waals surface area contributed by atoms with Crippen molar-refractivity contribution in [2.75, 3.05) is 26.2 Å². The molecule has 2 rings (SSSR count). The van der Waals surface area contributed by atoms with Gasteiger partial charge in [-0.15, -0.1) is 11.3 Å². The Labute approximate surface area is 111 Å². The van der Waals surface area contributed by atoms with E-state index in [2.05, 4.69) is 22.1 Å². The van der Waals surface area contributed by atoms with E-state index in [1.165, 1.54) is 17.8 Å². The van der Waals surface area contributed by atoms with Crippen molar-refractivity contribution in [1.82, 2.24) is 15.2 Å². The lowest BCUT2D eigenvalue weighted by Gasteiger charge is -2.13. The summed E-state index contributed by atoms with van der Waals surface area (Å²) in [5.74, 6) is 0.488. The van der Waals surface area contributed by atoms with Crippen molar-refractivity contribution in [1.29, 1.82) is 0 Å². The molecule has 0 aliphatic carbocycles. The number of hydrogen-bond donors (Lipinski definition) is 2. The van der Waals surface area contributed by atoms with Crippen LogP contribution in [-0.4, -0.2) is 42.0 Å². The zero-order chi connectivity index (χ0) is 13.0. The summed E-state index contributed by atoms with van der Waals surface area (Å²) in [4.78, 5) is 18.4. The molecule has 1 aromatic rings. The Kier molecular flexibility index (Phi) is 4.68. The molecule has 1 amide bonds. The lowest BCUT2D eigenvalue weighted by molar-refractivity contribution is 0.0943. The molecule has 18 heavy (non-hydrogen) atoms. The number of nitrogens with zero attached hydrogens (tertiary/aromatic N) is 2. The molecule has 0 aromatic carbocycles. The van der Waals surface area contributed by atoms with E-state index in [-0.39, 0.29) is 5.91 Å². The molecule has 1 atom stereocenters. The number of thiazole rings is 1. The summed E-state index contributed by atoms with van der Waals surface area (Å²) in [6.45, 7) is 6.63. The molecule has 0 saturated carbocycles. The Morgan fingerprint density at radius 3 is 3.17 bits per heavy atom. The number of carbonyl (C=O) groups excluding carboxylic acids is 1. The van der Waals surface area contributed by atoms with Crippen molar-refractivity contribution in [2.45, 2.75) is 19.9 Å². The van der Waals surface area contributed by atoms with Gasteiger partial charge in [-0.1, -0.05) is 6.92 Å². The average molecular weight is 268 g/mol. The molecule has 100 valence electrons. The van der Waals surface area contributed by atoms with Gasteiger partial charge < -0.3 is 16.0 Å². The Bertz CT molecular complexity index is 407. The third kappa shape index (κ3) is 3.28. The summed E-state index contributed by atoms with van der Waals surface area (Å²) in [5, 5.41) is 5.53. The summed E-state index contributed by atoms with van der Waals surface area (Å²) in [5.41, 5.74) is 5.97. The van der Waals surface area contributed by atoms with Gasteiger partial charge in [0.25, 0.3) is 5.91 Å². The topological polar surface area (TPSA) is 71.2 Å². The Morgan fingerprint density at radius 2 is 2.56 bits per heavy atom. The third-order valence-electron chi connectivity index (χ3n) is 3.33. The van der Waals surface area contributed by atoms with E-state index >= 15 is 0 Å². The normalized spacial score (nSPS) is 20.2. The number of rotatable bonds is 5. The highest BCUT2D eigenvalue weighted by Crippen LogP contribution is 2.15. The van der Waals surface area contributed by atoms with Crippen molar-refractivity contribution < 1.29 is 4.79 Å². The number of hydrogen-bond acceptors (Lipinski definition) is 5. The number of nitrogens with one attached hydrogen (secondary N) is 1. The maximum absolute atomic E-state index is 11.9. The van der Waals surface area contributed by atoms with Gasteiger partial charge in [-0.3, -0.25) is 4.79 Å². The van der Waals surface area contributed by atoms with Gasteiger partial charge in [0.05, 0.1) is 0 Å². The molecule has 1 aromatic heterocycles. The molecule has 1 saturated heterocycles. The molecule has 1 fully saturated rings. The SMILES string of the molecule is CCN1CCC(CNC(=O)c2csc(CN)n2)C1. The van der Waals surface area contributed by atoms with Crippen molar-refractivity contribution in [2.24, 2.45) is 11.7 Å². The van der Waals surface area contributed by atoms with E-state index in [0.29, 0.717) is 18.2 Å². The highest BCUT2D eigenvalue weighted by Gasteiger charge is 2.21. The van der Waals surface area contributed by atoms with Gasteiger partial charge in [-0.2, -0.15) is 0 Å². The van der Waals surface area contributed by atoms with Gasteiger partial charge in [0, 0.05) is 25.0 Å². The van der Waals surface area contributed by atoms with E-state index in [1.807, 2.05) is 0 Å². The number of carbonyl (C=O) groups is 1. The first-order valence-electron chi connectivity index (χ1n) is 6.38. The molecule has 0 spiro atoms. The standard InChI is InChI=1S/C12H20N4OS/c1-2-16-4-3-9(7-16)6-14-12(17)10-8-18-11(5-13)15-10/h8-9H,2-7,13H2,1H3,(H,14,17). The second-order valence-electron chi connectivity index (χ2n) is 4.59. The van der Waals surface area contributed by atoms with Gasteiger partial charge in [-0.05, 0) is 25.4 Å². The monoisotopic (exact) mass is 268 g/mol. The average Bonchev–Trinajstić information content (AvgIpc) is 3.04. The summed E-state index contributed by atoms with van der Waals surface area (Å²) in [7, 11) is 0. The van der Waals surface area contributed by atoms with Gasteiger partial charge in [-0.25, -0.2) is 4.98 Å². The highest BCUT2D eigenvalue weighted by atomic mass is 32.1. The largest absolute Gasteiger partial charge is 0.350 e. The van der Waals surface area contributed by atoms with Crippen LogP contribution in [0.5, 0.6) is 0 Å². The minimum absolute atomic E-state index is 0.0825. The van der Waals surface area contributed by atoms with Crippen molar-refractivity contribution in [3.63, 3.8) is 0 Å². The van der Waals surface area contributed by atoms with E-state index in [0.717, 1.165) is 31.2 Å². The molecule has 1 unspecified atom stereocenters. The molecule has 1 aliphatic heterocycles. The lowest BCUT2D eigenvalue weighted by atomic mass is 10.1. The summed E-state index contributed by atoms with van der Waals surface area (Å²) < 4.78 is 0. The fourth-order valence-corrected chi connectivity index (χ4v) is 2.86. The van der Waals surface area contributed by atoms with Crippen LogP contribution in [0, 0.1) is 5.92 Å². The summed E-state index contributed by atoms with van der Waals surface area (Å²) >= 11 is 1.43. The molecule has 6 heteroatoms. The summed E-state index contributed by atoms with van der Waals surface area (Å²) in [6, 6.07) is 0. The predicted molar refractivity (Wildman–Crippen MR) is 72.6 cm³/mol. The van der Waals surface area contributed by atoms with Crippen LogP contribution in [0.3, 0.4) is 0 Å². The maximum atomic E-state index is 11.9. The smallest absolute Gasteiger partial charge is 0.270 e. The molecule has 0 radical (unpaired) electrons. The van der Waals surface area contributed by atoms with Crippen molar-refractivity contribution in [3.05, 3.63) is 16.1 Å². The van der Waals surface area contributed by atoms with Gasteiger partial charge in [0.15, 0.2) is 0 Å². The summed E-state index contributed by atoms with van der Waals surface area (Å²) in [6.07, 6.45) is 1.17. The van der Waals surface area contributed by atoms with Gasteiger partial charge in [0.2, 0.25) is 0 Å². The Morgan fingerprint density at radius 1 is 1.72 bits per heavy atom. The minimum atomic E-state index is -0.0825. The molecule has 3 N–H and O–H groups in total. The highest BCUT2D eigenvalue weighted by molar-refractivity contribution is 7.09. The van der Waals surface area contributed by atoms with Crippen LogP contribution in [0.4, 0.5) is 0 Å². The van der Waals surface area contributed by atoms with Crippen LogP contribution in [0.2, 0.25) is 0 Å². The zero-order valence-electron chi connectivity index (χ0n) is 10.7. The quantitative estimate of drug-likeness (QED) is 0.823. The Hall–Kier alpha value is -0.980. The second kappa shape index (κ2) is 6.26. The number of amides is 1. The third-order valence-corrected chi connectivity index (χ3v) is 4.20. The first-order valence-corrected chi connectivity index (χ1v) is 7.26. The van der Waals surface area contributed by atoms with E-state index in [9.17, 15) is 4.79 Å². The lowest BCUT2D eigenvalue weighted by Crippen LogP contribution is -2.31. The Balaban J connectivity index is 1.78. The fourth-order valence-electron chi connectivity index (χ4n) is 2.20. The van der Waals surface area contributed by atoms with Gasteiger partial charge in [0.1, 0.15) is 10.7 Å². The van der Waals surface area contributed by atoms with Crippen LogP contribution in [0.25, 0.3) is 0 Å².